The summed E-state index contributed by atoms with van der Waals surface area (Å²) >= 11 is 0. The fraction of sp³-hybridized carbons (Fsp3) is 0.545. The quantitative estimate of drug-likeness (QED) is 0.600. The fourth-order valence-electron chi connectivity index (χ4n) is 1.15. The predicted molar refractivity (Wildman–Crippen MR) is 63.8 cm³/mol. The van der Waals surface area contributed by atoms with Crippen molar-refractivity contribution in [1.29, 1.82) is 5.26 Å². The van der Waals surface area contributed by atoms with Crippen molar-refractivity contribution >= 4 is 11.6 Å². The minimum absolute atomic E-state index is 0.299. The van der Waals surface area contributed by atoms with Gasteiger partial charge in [0.1, 0.15) is 18.0 Å². The summed E-state index contributed by atoms with van der Waals surface area (Å²) in [7, 11) is 0. The molecule has 0 fully saturated rings. The molecule has 0 amide bonds. The largest absolute Gasteiger partial charge is 0.370 e. The summed E-state index contributed by atoms with van der Waals surface area (Å²) in [5.74, 6) is 1.24. The minimum Gasteiger partial charge on any atom is -0.370 e. The van der Waals surface area contributed by atoms with E-state index in [1.165, 1.54) is 6.33 Å². The molecule has 0 aromatic carbocycles. The minimum atomic E-state index is 0.299. The van der Waals surface area contributed by atoms with Crippen LogP contribution in [0.15, 0.2) is 12.4 Å². The van der Waals surface area contributed by atoms with Gasteiger partial charge in [0.2, 0.25) is 0 Å². The Morgan fingerprint density at radius 3 is 2.62 bits per heavy atom. The van der Waals surface area contributed by atoms with Gasteiger partial charge in [0.25, 0.3) is 0 Å². The van der Waals surface area contributed by atoms with Crippen LogP contribution in [0, 0.1) is 16.9 Å². The standard InChI is InChI=1S/C11H17N5/c1-11(2,3)4-5-13-9-6-10(14-7-12)16-8-15-9/h6,8H,4-5H2,1-3H3,(H2,13,14,15,16). The summed E-state index contributed by atoms with van der Waals surface area (Å²) in [6.45, 7) is 7.43. The van der Waals surface area contributed by atoms with Gasteiger partial charge in [0.05, 0.1) is 0 Å². The molecule has 1 heterocycles. The Hall–Kier alpha value is -1.83. The Morgan fingerprint density at radius 2 is 2.00 bits per heavy atom. The summed E-state index contributed by atoms with van der Waals surface area (Å²) in [5, 5.41) is 14.1. The Bertz CT molecular complexity index is 375. The zero-order valence-corrected chi connectivity index (χ0v) is 9.91. The fourth-order valence-corrected chi connectivity index (χ4v) is 1.15. The van der Waals surface area contributed by atoms with E-state index in [1.54, 1.807) is 6.07 Å². The third-order valence-corrected chi connectivity index (χ3v) is 2.03. The van der Waals surface area contributed by atoms with E-state index in [1.807, 2.05) is 6.19 Å². The van der Waals surface area contributed by atoms with Gasteiger partial charge in [-0.15, -0.1) is 0 Å². The van der Waals surface area contributed by atoms with Gasteiger partial charge in [-0.05, 0) is 11.8 Å². The molecule has 2 N–H and O–H groups in total. The molecule has 0 aliphatic carbocycles. The highest BCUT2D eigenvalue weighted by Crippen LogP contribution is 2.18. The number of anilines is 2. The van der Waals surface area contributed by atoms with Crippen LogP contribution in [0.1, 0.15) is 27.2 Å². The number of nitrogens with zero attached hydrogens (tertiary/aromatic N) is 3. The number of aromatic nitrogens is 2. The van der Waals surface area contributed by atoms with Crippen LogP contribution in [0.5, 0.6) is 0 Å². The van der Waals surface area contributed by atoms with Crippen molar-refractivity contribution in [3.8, 4) is 6.19 Å². The number of rotatable bonds is 4. The van der Waals surface area contributed by atoms with Gasteiger partial charge in [-0.1, -0.05) is 20.8 Å². The van der Waals surface area contributed by atoms with E-state index in [-0.39, 0.29) is 0 Å². The summed E-state index contributed by atoms with van der Waals surface area (Å²) in [5.41, 5.74) is 0.299. The number of hydrogen-bond donors (Lipinski definition) is 2. The molecule has 1 aromatic rings. The molecule has 0 bridgehead atoms. The molecule has 1 rings (SSSR count). The van der Waals surface area contributed by atoms with E-state index in [9.17, 15) is 0 Å². The zero-order valence-electron chi connectivity index (χ0n) is 9.91. The maximum Gasteiger partial charge on any atom is 0.182 e. The summed E-state index contributed by atoms with van der Waals surface area (Å²) in [6.07, 6.45) is 4.31. The van der Waals surface area contributed by atoms with Crippen LogP contribution >= 0.6 is 0 Å². The molecule has 0 atom stereocenters. The van der Waals surface area contributed by atoms with E-state index < -0.39 is 0 Å². The molecule has 5 nitrogen and oxygen atoms in total. The van der Waals surface area contributed by atoms with E-state index in [0.717, 1.165) is 18.8 Å². The van der Waals surface area contributed by atoms with Gasteiger partial charge in [-0.3, -0.25) is 5.32 Å². The van der Waals surface area contributed by atoms with Crippen LogP contribution in [0.4, 0.5) is 11.6 Å². The first-order valence-electron chi connectivity index (χ1n) is 5.22. The van der Waals surface area contributed by atoms with Crippen LogP contribution in [-0.4, -0.2) is 16.5 Å². The van der Waals surface area contributed by atoms with Crippen molar-refractivity contribution in [2.45, 2.75) is 27.2 Å². The predicted octanol–water partition coefficient (Wildman–Crippen LogP) is 2.22. The van der Waals surface area contributed by atoms with E-state index in [2.05, 4.69) is 41.4 Å². The molecule has 0 spiro atoms. The van der Waals surface area contributed by atoms with Crippen LogP contribution < -0.4 is 10.6 Å². The normalized spacial score (nSPS) is 10.6. The second-order valence-electron chi connectivity index (χ2n) is 4.76. The van der Waals surface area contributed by atoms with Crippen molar-refractivity contribution in [1.82, 2.24) is 9.97 Å². The van der Waals surface area contributed by atoms with Gasteiger partial charge < -0.3 is 5.32 Å². The Morgan fingerprint density at radius 1 is 1.31 bits per heavy atom. The maximum atomic E-state index is 8.45. The van der Waals surface area contributed by atoms with Gasteiger partial charge in [-0.25, -0.2) is 9.97 Å². The first-order chi connectivity index (χ1) is 7.51. The van der Waals surface area contributed by atoms with Crippen LogP contribution in [0.25, 0.3) is 0 Å². The molecule has 16 heavy (non-hydrogen) atoms. The SMILES string of the molecule is CC(C)(C)CCNc1cc(NC#N)ncn1. The smallest absolute Gasteiger partial charge is 0.182 e. The van der Waals surface area contributed by atoms with Crippen molar-refractivity contribution in [2.75, 3.05) is 17.2 Å². The summed E-state index contributed by atoms with van der Waals surface area (Å²) in [4.78, 5) is 7.97. The lowest BCUT2D eigenvalue weighted by molar-refractivity contribution is 0.389. The molecule has 0 unspecified atom stereocenters. The molecule has 0 aliphatic heterocycles. The Balaban J connectivity index is 2.48. The average Bonchev–Trinajstić information content (AvgIpc) is 2.17. The molecule has 0 saturated heterocycles. The highest BCUT2D eigenvalue weighted by atomic mass is 15.1. The first-order valence-corrected chi connectivity index (χ1v) is 5.22. The Labute approximate surface area is 95.9 Å². The van der Waals surface area contributed by atoms with E-state index >= 15 is 0 Å². The van der Waals surface area contributed by atoms with Crippen molar-refractivity contribution in [3.63, 3.8) is 0 Å². The maximum absolute atomic E-state index is 8.45. The van der Waals surface area contributed by atoms with E-state index in [0.29, 0.717) is 11.2 Å². The van der Waals surface area contributed by atoms with Gasteiger partial charge in [0, 0.05) is 12.6 Å². The van der Waals surface area contributed by atoms with Crippen molar-refractivity contribution < 1.29 is 0 Å². The van der Waals surface area contributed by atoms with Gasteiger partial charge in [0.15, 0.2) is 6.19 Å². The second kappa shape index (κ2) is 5.31. The topological polar surface area (TPSA) is 73.6 Å². The zero-order chi connectivity index (χ0) is 12.0. The first kappa shape index (κ1) is 12.2. The lowest BCUT2D eigenvalue weighted by Crippen LogP contribution is -2.13. The summed E-state index contributed by atoms with van der Waals surface area (Å²) in [6, 6.07) is 1.71. The molecule has 0 aliphatic rings. The highest BCUT2D eigenvalue weighted by Gasteiger charge is 2.09. The van der Waals surface area contributed by atoms with Crippen molar-refractivity contribution in [2.24, 2.45) is 5.41 Å². The number of nitrogens with one attached hydrogen (secondary N) is 2. The molecule has 0 saturated carbocycles. The number of hydrogen-bond acceptors (Lipinski definition) is 5. The summed E-state index contributed by atoms with van der Waals surface area (Å²) < 4.78 is 0. The molecular weight excluding hydrogens is 202 g/mol. The van der Waals surface area contributed by atoms with Crippen LogP contribution in [0.3, 0.4) is 0 Å². The third-order valence-electron chi connectivity index (χ3n) is 2.03. The molecule has 1 aromatic heterocycles. The van der Waals surface area contributed by atoms with Gasteiger partial charge >= 0.3 is 0 Å². The lowest BCUT2D eigenvalue weighted by Gasteiger charge is -2.18. The van der Waals surface area contributed by atoms with Crippen LogP contribution in [0.2, 0.25) is 0 Å². The average molecular weight is 219 g/mol. The van der Waals surface area contributed by atoms with Crippen LogP contribution in [-0.2, 0) is 0 Å². The van der Waals surface area contributed by atoms with Crippen molar-refractivity contribution in [3.05, 3.63) is 12.4 Å². The van der Waals surface area contributed by atoms with E-state index in [4.69, 9.17) is 5.26 Å². The molecular formula is C11H17N5. The molecule has 5 heteroatoms. The monoisotopic (exact) mass is 219 g/mol. The number of nitriles is 1. The molecule has 0 radical (unpaired) electrons. The third kappa shape index (κ3) is 4.60. The second-order valence-corrected chi connectivity index (χ2v) is 4.76. The highest BCUT2D eigenvalue weighted by molar-refractivity contribution is 5.48. The van der Waals surface area contributed by atoms with Gasteiger partial charge in [-0.2, -0.15) is 5.26 Å². The lowest BCUT2D eigenvalue weighted by atomic mass is 9.92. The molecule has 86 valence electrons. The Kier molecular flexibility index (Phi) is 4.06.